The van der Waals surface area contributed by atoms with Gasteiger partial charge in [-0.25, -0.2) is 0 Å². The molecule has 1 aromatic heterocycles. The second kappa shape index (κ2) is 4.52. The number of rotatable bonds is 2. The molecule has 0 aliphatic carbocycles. The Kier molecular flexibility index (Phi) is 3.09. The van der Waals surface area contributed by atoms with Gasteiger partial charge in [0, 0.05) is 25.8 Å². The molecule has 0 aromatic carbocycles. The van der Waals surface area contributed by atoms with E-state index in [4.69, 9.17) is 10.8 Å². The van der Waals surface area contributed by atoms with E-state index in [1.165, 1.54) is 6.07 Å². The highest BCUT2D eigenvalue weighted by Crippen LogP contribution is 2.20. The highest BCUT2D eigenvalue weighted by Gasteiger charge is 2.20. The van der Waals surface area contributed by atoms with E-state index in [1.54, 1.807) is 0 Å². The predicted molar refractivity (Wildman–Crippen MR) is 61.3 cm³/mol. The first-order valence-electron chi connectivity index (χ1n) is 5.41. The average Bonchev–Trinajstić information content (AvgIpc) is 2.28. The van der Waals surface area contributed by atoms with Gasteiger partial charge in [-0.15, -0.1) is 0 Å². The smallest absolute Gasteiger partial charge is 0.254 e. The molecule has 0 spiro atoms. The number of aliphatic hydroxyl groups excluding tert-OH is 1. The van der Waals surface area contributed by atoms with Gasteiger partial charge in [0.2, 0.25) is 5.95 Å². The van der Waals surface area contributed by atoms with Crippen molar-refractivity contribution in [2.75, 3.05) is 30.3 Å². The van der Waals surface area contributed by atoms with Gasteiger partial charge >= 0.3 is 0 Å². The second-order valence-corrected chi connectivity index (χ2v) is 4.13. The van der Waals surface area contributed by atoms with Crippen LogP contribution >= 0.6 is 0 Å². The van der Waals surface area contributed by atoms with E-state index in [0.29, 0.717) is 5.82 Å². The lowest BCUT2D eigenvalue weighted by Crippen LogP contribution is -2.38. The van der Waals surface area contributed by atoms with Crippen LogP contribution in [0.25, 0.3) is 0 Å². The van der Waals surface area contributed by atoms with E-state index in [0.717, 1.165) is 25.9 Å². The lowest BCUT2D eigenvalue weighted by molar-refractivity contribution is 0.208. The molecule has 16 heavy (non-hydrogen) atoms. The van der Waals surface area contributed by atoms with Crippen LogP contribution in [0.15, 0.2) is 10.9 Å². The Morgan fingerprint density at radius 2 is 2.50 bits per heavy atom. The zero-order chi connectivity index (χ0) is 11.5. The van der Waals surface area contributed by atoms with Crippen molar-refractivity contribution in [1.82, 2.24) is 9.97 Å². The number of nitrogens with zero attached hydrogens (tertiary/aromatic N) is 2. The maximum atomic E-state index is 11.3. The van der Waals surface area contributed by atoms with Gasteiger partial charge in [-0.2, -0.15) is 4.98 Å². The van der Waals surface area contributed by atoms with Crippen LogP contribution in [0.5, 0.6) is 0 Å². The molecule has 0 radical (unpaired) electrons. The van der Waals surface area contributed by atoms with Crippen molar-refractivity contribution in [3.63, 3.8) is 0 Å². The number of aromatic amines is 1. The fourth-order valence-corrected chi connectivity index (χ4v) is 2.05. The summed E-state index contributed by atoms with van der Waals surface area (Å²) in [4.78, 5) is 19.8. The molecule has 1 unspecified atom stereocenters. The van der Waals surface area contributed by atoms with Crippen molar-refractivity contribution in [1.29, 1.82) is 0 Å². The Balaban J connectivity index is 2.19. The van der Waals surface area contributed by atoms with E-state index < -0.39 is 0 Å². The molecule has 88 valence electrons. The SMILES string of the molecule is Nc1nc(N2CCCC(CO)C2)cc(=O)[nH]1. The number of piperidine rings is 1. The summed E-state index contributed by atoms with van der Waals surface area (Å²) in [5.74, 6) is 0.990. The van der Waals surface area contributed by atoms with Crippen molar-refractivity contribution >= 4 is 11.8 Å². The quantitative estimate of drug-likeness (QED) is 0.633. The van der Waals surface area contributed by atoms with Gasteiger partial charge in [0.15, 0.2) is 0 Å². The molecular weight excluding hydrogens is 208 g/mol. The molecule has 6 nitrogen and oxygen atoms in total. The number of hydrogen-bond donors (Lipinski definition) is 3. The third-order valence-corrected chi connectivity index (χ3v) is 2.85. The highest BCUT2D eigenvalue weighted by molar-refractivity contribution is 5.41. The first kappa shape index (κ1) is 10.9. The predicted octanol–water partition coefficient (Wildman–Crippen LogP) is -0.439. The lowest BCUT2D eigenvalue weighted by atomic mass is 9.99. The molecule has 1 fully saturated rings. The van der Waals surface area contributed by atoms with Crippen LogP contribution in [0.4, 0.5) is 11.8 Å². The topological polar surface area (TPSA) is 95.2 Å². The summed E-state index contributed by atoms with van der Waals surface area (Å²) in [5, 5.41) is 9.13. The minimum Gasteiger partial charge on any atom is -0.396 e. The van der Waals surface area contributed by atoms with Gasteiger partial charge in [0.1, 0.15) is 5.82 Å². The Labute approximate surface area is 93.1 Å². The minimum atomic E-state index is -0.242. The first-order valence-corrected chi connectivity index (χ1v) is 5.41. The number of aliphatic hydroxyl groups is 1. The Morgan fingerprint density at radius 3 is 3.19 bits per heavy atom. The largest absolute Gasteiger partial charge is 0.396 e. The first-order chi connectivity index (χ1) is 7.69. The molecule has 1 aliphatic heterocycles. The van der Waals surface area contributed by atoms with Gasteiger partial charge in [0.25, 0.3) is 5.56 Å². The van der Waals surface area contributed by atoms with Crippen molar-refractivity contribution in [3.05, 3.63) is 16.4 Å². The summed E-state index contributed by atoms with van der Waals surface area (Å²) in [6, 6.07) is 1.44. The van der Waals surface area contributed by atoms with E-state index in [2.05, 4.69) is 9.97 Å². The molecule has 0 bridgehead atoms. The van der Waals surface area contributed by atoms with Gasteiger partial charge in [0.05, 0.1) is 0 Å². The molecule has 0 saturated carbocycles. The summed E-state index contributed by atoms with van der Waals surface area (Å²) >= 11 is 0. The summed E-state index contributed by atoms with van der Waals surface area (Å²) in [6.45, 7) is 1.76. The summed E-state index contributed by atoms with van der Waals surface area (Å²) in [7, 11) is 0. The number of nitrogens with one attached hydrogen (secondary N) is 1. The summed E-state index contributed by atoms with van der Waals surface area (Å²) in [6.07, 6.45) is 2.02. The van der Waals surface area contributed by atoms with E-state index in [9.17, 15) is 4.79 Å². The molecule has 1 atom stereocenters. The molecule has 1 aromatic rings. The van der Waals surface area contributed by atoms with Crippen LogP contribution in [0.3, 0.4) is 0 Å². The van der Waals surface area contributed by atoms with Crippen LogP contribution in [-0.4, -0.2) is 34.8 Å². The number of H-pyrrole nitrogens is 1. The van der Waals surface area contributed by atoms with Crippen LogP contribution in [-0.2, 0) is 0 Å². The summed E-state index contributed by atoms with van der Waals surface area (Å²) < 4.78 is 0. The Bertz CT molecular complexity index is 418. The van der Waals surface area contributed by atoms with Gasteiger partial charge < -0.3 is 15.7 Å². The Hall–Kier alpha value is -1.56. The van der Waals surface area contributed by atoms with E-state index in [-0.39, 0.29) is 24.0 Å². The number of aromatic nitrogens is 2. The zero-order valence-electron chi connectivity index (χ0n) is 9.02. The number of anilines is 2. The maximum absolute atomic E-state index is 11.3. The fourth-order valence-electron chi connectivity index (χ4n) is 2.05. The van der Waals surface area contributed by atoms with Gasteiger partial charge in [-0.1, -0.05) is 0 Å². The fraction of sp³-hybridized carbons (Fsp3) is 0.600. The van der Waals surface area contributed by atoms with Crippen LogP contribution in [0.2, 0.25) is 0 Å². The van der Waals surface area contributed by atoms with E-state index in [1.807, 2.05) is 4.90 Å². The van der Waals surface area contributed by atoms with Crippen LogP contribution in [0.1, 0.15) is 12.8 Å². The molecule has 2 rings (SSSR count). The van der Waals surface area contributed by atoms with Gasteiger partial charge in [-0.3, -0.25) is 9.78 Å². The van der Waals surface area contributed by atoms with Crippen molar-refractivity contribution < 1.29 is 5.11 Å². The van der Waals surface area contributed by atoms with Gasteiger partial charge in [-0.05, 0) is 18.8 Å². The van der Waals surface area contributed by atoms with Crippen LogP contribution in [0, 0.1) is 5.92 Å². The number of nitrogen functional groups attached to an aromatic ring is 1. The maximum Gasteiger partial charge on any atom is 0.254 e. The van der Waals surface area contributed by atoms with Crippen molar-refractivity contribution in [2.45, 2.75) is 12.8 Å². The molecule has 1 saturated heterocycles. The lowest BCUT2D eigenvalue weighted by Gasteiger charge is -2.32. The summed E-state index contributed by atoms with van der Waals surface area (Å²) in [5.41, 5.74) is 5.25. The average molecular weight is 224 g/mol. The third kappa shape index (κ3) is 2.33. The number of nitrogens with two attached hydrogens (primary N) is 1. The number of hydrogen-bond acceptors (Lipinski definition) is 5. The minimum absolute atomic E-state index is 0.133. The zero-order valence-corrected chi connectivity index (χ0v) is 9.02. The molecule has 1 aliphatic rings. The second-order valence-electron chi connectivity index (χ2n) is 4.13. The Morgan fingerprint density at radius 1 is 1.69 bits per heavy atom. The highest BCUT2D eigenvalue weighted by atomic mass is 16.3. The monoisotopic (exact) mass is 224 g/mol. The van der Waals surface area contributed by atoms with Crippen molar-refractivity contribution in [2.24, 2.45) is 5.92 Å². The van der Waals surface area contributed by atoms with E-state index >= 15 is 0 Å². The molecule has 2 heterocycles. The van der Waals surface area contributed by atoms with Crippen LogP contribution < -0.4 is 16.2 Å². The molecular formula is C10H16N4O2. The molecule has 6 heteroatoms. The standard InChI is InChI=1S/C10H16N4O2/c11-10-12-8(4-9(16)13-10)14-3-1-2-7(5-14)6-15/h4,7,15H,1-3,5-6H2,(H3,11,12,13,16). The molecule has 4 N–H and O–H groups in total. The normalized spacial score (nSPS) is 21.1. The van der Waals surface area contributed by atoms with Crippen molar-refractivity contribution in [3.8, 4) is 0 Å². The molecule has 0 amide bonds. The third-order valence-electron chi connectivity index (χ3n) is 2.85.